The molecule has 3 aromatic carbocycles. The first-order valence-corrected chi connectivity index (χ1v) is 10.9. The zero-order chi connectivity index (χ0) is 23.8. The fraction of sp³-hybridized carbons (Fsp3) is 0.120. The van der Waals surface area contributed by atoms with Crippen LogP contribution >= 0.6 is 11.6 Å². The number of aryl methyl sites for hydroxylation is 1. The van der Waals surface area contributed by atoms with Crippen molar-refractivity contribution in [2.75, 3.05) is 0 Å². The SMILES string of the molecule is Cc1nc(C(C)NC(=O)c2ccc3c(-c4ccccc4Cl)nn(-c4ccc(F)cc4)c3c2)no1. The Bertz CT molecular complexity index is 1510. The second kappa shape index (κ2) is 8.72. The van der Waals surface area contributed by atoms with Gasteiger partial charge in [-0.2, -0.15) is 10.1 Å². The number of fused-ring (bicyclic) bond motifs is 1. The maximum absolute atomic E-state index is 13.6. The molecule has 0 spiro atoms. The fourth-order valence-electron chi connectivity index (χ4n) is 3.72. The molecule has 0 saturated carbocycles. The molecule has 1 N–H and O–H groups in total. The molecule has 1 unspecified atom stereocenters. The number of halogens is 2. The van der Waals surface area contributed by atoms with Crippen LogP contribution in [0.3, 0.4) is 0 Å². The molecule has 0 bridgehead atoms. The lowest BCUT2D eigenvalue weighted by Crippen LogP contribution is -2.27. The molecule has 0 aliphatic rings. The predicted octanol–water partition coefficient (Wildman–Crippen LogP) is 5.67. The van der Waals surface area contributed by atoms with Gasteiger partial charge in [-0.3, -0.25) is 4.79 Å². The molecule has 2 heterocycles. The van der Waals surface area contributed by atoms with Gasteiger partial charge in [0, 0.05) is 23.4 Å². The normalized spacial score (nSPS) is 12.1. The monoisotopic (exact) mass is 475 g/mol. The Morgan fingerprint density at radius 2 is 1.88 bits per heavy atom. The number of nitrogens with one attached hydrogen (secondary N) is 1. The topological polar surface area (TPSA) is 85.8 Å². The van der Waals surface area contributed by atoms with E-state index in [1.807, 2.05) is 24.3 Å². The number of carbonyl (C=O) groups is 1. The lowest BCUT2D eigenvalue weighted by Gasteiger charge is -2.10. The van der Waals surface area contributed by atoms with E-state index >= 15 is 0 Å². The third-order valence-corrected chi connectivity index (χ3v) is 5.75. The summed E-state index contributed by atoms with van der Waals surface area (Å²) in [6, 6.07) is 18.3. The van der Waals surface area contributed by atoms with Gasteiger partial charge in [-0.05, 0) is 55.5 Å². The summed E-state index contributed by atoms with van der Waals surface area (Å²) in [5, 5.41) is 12.9. The number of benzene rings is 3. The van der Waals surface area contributed by atoms with Crippen molar-refractivity contribution in [2.24, 2.45) is 0 Å². The molecule has 7 nitrogen and oxygen atoms in total. The summed E-state index contributed by atoms with van der Waals surface area (Å²) in [5.41, 5.74) is 3.17. The summed E-state index contributed by atoms with van der Waals surface area (Å²) < 4.78 is 20.2. The number of amides is 1. The molecule has 9 heteroatoms. The Balaban J connectivity index is 1.60. The summed E-state index contributed by atoms with van der Waals surface area (Å²) in [6.07, 6.45) is 0. The van der Waals surface area contributed by atoms with Crippen molar-refractivity contribution >= 4 is 28.4 Å². The highest BCUT2D eigenvalue weighted by Gasteiger charge is 2.20. The maximum Gasteiger partial charge on any atom is 0.251 e. The van der Waals surface area contributed by atoms with Crippen LogP contribution in [0.5, 0.6) is 0 Å². The summed E-state index contributed by atoms with van der Waals surface area (Å²) in [6.45, 7) is 3.46. The third kappa shape index (κ3) is 4.04. The number of aromatic nitrogens is 4. The molecule has 1 amide bonds. The smallest absolute Gasteiger partial charge is 0.251 e. The summed E-state index contributed by atoms with van der Waals surface area (Å²) in [7, 11) is 0. The highest BCUT2D eigenvalue weighted by Crippen LogP contribution is 2.34. The molecule has 5 rings (SSSR count). The molecule has 0 aliphatic heterocycles. The zero-order valence-corrected chi connectivity index (χ0v) is 19.0. The molecule has 1 atom stereocenters. The van der Waals surface area contributed by atoms with Crippen LogP contribution in [-0.2, 0) is 0 Å². The highest BCUT2D eigenvalue weighted by molar-refractivity contribution is 6.33. The van der Waals surface area contributed by atoms with Gasteiger partial charge in [0.1, 0.15) is 11.5 Å². The third-order valence-electron chi connectivity index (χ3n) is 5.42. The Morgan fingerprint density at radius 3 is 2.59 bits per heavy atom. The van der Waals surface area contributed by atoms with Crippen molar-refractivity contribution in [3.63, 3.8) is 0 Å². The van der Waals surface area contributed by atoms with Gasteiger partial charge >= 0.3 is 0 Å². The quantitative estimate of drug-likeness (QED) is 0.354. The first-order chi connectivity index (χ1) is 16.4. The van der Waals surface area contributed by atoms with E-state index in [0.717, 1.165) is 10.9 Å². The molecular formula is C25H19ClFN5O2. The number of hydrogen-bond acceptors (Lipinski definition) is 5. The summed E-state index contributed by atoms with van der Waals surface area (Å²) >= 11 is 6.45. The molecule has 2 aromatic heterocycles. The van der Waals surface area contributed by atoms with E-state index in [-0.39, 0.29) is 11.7 Å². The Hall–Kier alpha value is -4.04. The van der Waals surface area contributed by atoms with Crippen molar-refractivity contribution in [3.8, 4) is 16.9 Å². The lowest BCUT2D eigenvalue weighted by atomic mass is 10.1. The minimum absolute atomic E-state index is 0.303. The van der Waals surface area contributed by atoms with E-state index in [4.69, 9.17) is 21.2 Å². The van der Waals surface area contributed by atoms with Crippen LogP contribution in [0, 0.1) is 12.7 Å². The van der Waals surface area contributed by atoms with Crippen molar-refractivity contribution < 1.29 is 13.7 Å². The minimum Gasteiger partial charge on any atom is -0.342 e. The van der Waals surface area contributed by atoms with Gasteiger partial charge in [0.2, 0.25) is 5.89 Å². The fourth-order valence-corrected chi connectivity index (χ4v) is 3.95. The van der Waals surface area contributed by atoms with E-state index in [1.165, 1.54) is 12.1 Å². The van der Waals surface area contributed by atoms with E-state index in [2.05, 4.69) is 15.5 Å². The molecule has 0 radical (unpaired) electrons. The van der Waals surface area contributed by atoms with Crippen LogP contribution in [0.25, 0.3) is 27.8 Å². The van der Waals surface area contributed by atoms with Gasteiger partial charge in [-0.15, -0.1) is 0 Å². The van der Waals surface area contributed by atoms with Crippen LogP contribution in [-0.4, -0.2) is 25.8 Å². The van der Waals surface area contributed by atoms with E-state index in [9.17, 15) is 9.18 Å². The van der Waals surface area contributed by atoms with Crippen molar-refractivity contribution in [3.05, 3.63) is 94.8 Å². The second-order valence-electron chi connectivity index (χ2n) is 7.82. The van der Waals surface area contributed by atoms with Crippen molar-refractivity contribution in [2.45, 2.75) is 19.9 Å². The van der Waals surface area contributed by atoms with E-state index in [0.29, 0.717) is 39.2 Å². The second-order valence-corrected chi connectivity index (χ2v) is 8.22. The molecule has 0 aliphatic carbocycles. The predicted molar refractivity (Wildman–Crippen MR) is 126 cm³/mol. The van der Waals surface area contributed by atoms with Gasteiger partial charge in [0.15, 0.2) is 5.82 Å². The van der Waals surface area contributed by atoms with Gasteiger partial charge in [0.25, 0.3) is 5.91 Å². The number of carbonyl (C=O) groups excluding carboxylic acids is 1. The van der Waals surface area contributed by atoms with Crippen LogP contribution < -0.4 is 5.32 Å². The van der Waals surface area contributed by atoms with Gasteiger partial charge < -0.3 is 9.84 Å². The van der Waals surface area contributed by atoms with Crippen LogP contribution in [0.1, 0.15) is 35.0 Å². The minimum atomic E-state index is -0.443. The van der Waals surface area contributed by atoms with E-state index in [1.54, 1.807) is 48.9 Å². The zero-order valence-electron chi connectivity index (χ0n) is 18.3. The Morgan fingerprint density at radius 1 is 1.12 bits per heavy atom. The first kappa shape index (κ1) is 21.8. The largest absolute Gasteiger partial charge is 0.342 e. The number of rotatable bonds is 5. The maximum atomic E-state index is 13.6. The van der Waals surface area contributed by atoms with E-state index < -0.39 is 6.04 Å². The molecule has 0 saturated heterocycles. The average Bonchev–Trinajstić information content (AvgIpc) is 3.43. The van der Waals surface area contributed by atoms with Gasteiger partial charge in [-0.1, -0.05) is 35.0 Å². The number of hydrogen-bond donors (Lipinski definition) is 1. The Kier molecular flexibility index (Phi) is 5.59. The summed E-state index contributed by atoms with van der Waals surface area (Å²) in [5.74, 6) is 0.164. The van der Waals surface area contributed by atoms with Gasteiger partial charge in [-0.25, -0.2) is 9.07 Å². The first-order valence-electron chi connectivity index (χ1n) is 10.6. The van der Waals surface area contributed by atoms with Crippen LogP contribution in [0.2, 0.25) is 5.02 Å². The van der Waals surface area contributed by atoms with Crippen molar-refractivity contribution in [1.29, 1.82) is 0 Å². The number of nitrogens with zero attached hydrogens (tertiary/aromatic N) is 4. The molecular weight excluding hydrogens is 457 g/mol. The van der Waals surface area contributed by atoms with Crippen LogP contribution in [0.15, 0.2) is 71.3 Å². The molecule has 34 heavy (non-hydrogen) atoms. The average molecular weight is 476 g/mol. The molecule has 170 valence electrons. The standard InChI is InChI=1S/C25H19ClFN5O2/c1-14(24-29-15(2)34-31-24)28-25(33)16-7-12-20-22(13-16)32(18-10-8-17(27)9-11-18)30-23(20)19-5-3-4-6-21(19)26/h3-14H,1-2H3,(H,28,33). The molecule has 0 fully saturated rings. The lowest BCUT2D eigenvalue weighted by molar-refractivity contribution is 0.0938. The summed E-state index contributed by atoms with van der Waals surface area (Å²) in [4.78, 5) is 17.2. The molecule has 5 aromatic rings. The highest BCUT2D eigenvalue weighted by atomic mass is 35.5. The Labute approximate surface area is 199 Å². The van der Waals surface area contributed by atoms with Crippen molar-refractivity contribution in [1.82, 2.24) is 25.2 Å². The van der Waals surface area contributed by atoms with Gasteiger partial charge in [0.05, 0.1) is 22.3 Å². The van der Waals surface area contributed by atoms with Crippen LogP contribution in [0.4, 0.5) is 4.39 Å².